The zero-order valence-electron chi connectivity index (χ0n) is 8.63. The van der Waals surface area contributed by atoms with E-state index >= 15 is 0 Å². The summed E-state index contributed by atoms with van der Waals surface area (Å²) in [5.74, 6) is 0. The first-order valence-electron chi connectivity index (χ1n) is 4.69. The number of hydrogen-bond donors (Lipinski definition) is 2. The average Bonchev–Trinajstić information content (AvgIpc) is 2.17. The second-order valence-electron chi connectivity index (χ2n) is 4.19. The molecule has 0 aliphatic heterocycles. The Labute approximate surface area is 93.8 Å². The van der Waals surface area contributed by atoms with Crippen LogP contribution in [0.15, 0.2) is 28.7 Å². The lowest BCUT2D eigenvalue weighted by atomic mass is 9.81. The van der Waals surface area contributed by atoms with Crippen molar-refractivity contribution in [2.24, 2.45) is 16.9 Å². The molecule has 1 rings (SSSR count). The average molecular weight is 257 g/mol. The van der Waals surface area contributed by atoms with Crippen LogP contribution in [0.1, 0.15) is 25.5 Å². The molecule has 0 heterocycles. The van der Waals surface area contributed by atoms with Gasteiger partial charge < -0.3 is 11.5 Å². The van der Waals surface area contributed by atoms with E-state index in [1.807, 2.05) is 24.3 Å². The van der Waals surface area contributed by atoms with Crippen molar-refractivity contribution in [3.8, 4) is 0 Å². The Kier molecular flexibility index (Phi) is 3.70. The first-order valence-corrected chi connectivity index (χ1v) is 5.48. The number of benzene rings is 1. The molecule has 0 aromatic heterocycles. The van der Waals surface area contributed by atoms with Gasteiger partial charge in [0.2, 0.25) is 0 Å². The van der Waals surface area contributed by atoms with Crippen LogP contribution < -0.4 is 11.5 Å². The van der Waals surface area contributed by atoms with Crippen molar-refractivity contribution in [2.45, 2.75) is 19.9 Å². The van der Waals surface area contributed by atoms with E-state index in [0.29, 0.717) is 6.54 Å². The molecule has 0 saturated heterocycles. The first kappa shape index (κ1) is 11.7. The molecule has 1 unspecified atom stereocenters. The molecule has 0 fully saturated rings. The van der Waals surface area contributed by atoms with Crippen LogP contribution in [0.2, 0.25) is 0 Å². The SMILES string of the molecule is CC(C)(CN)C(N)c1ccccc1Br. The minimum absolute atomic E-state index is 0.0388. The third-order valence-corrected chi connectivity index (χ3v) is 3.33. The van der Waals surface area contributed by atoms with Gasteiger partial charge in [-0.3, -0.25) is 0 Å². The fourth-order valence-electron chi connectivity index (χ4n) is 1.28. The normalized spacial score (nSPS) is 14.1. The molecule has 2 nitrogen and oxygen atoms in total. The lowest BCUT2D eigenvalue weighted by Gasteiger charge is -2.31. The zero-order chi connectivity index (χ0) is 10.8. The van der Waals surface area contributed by atoms with E-state index in [0.717, 1.165) is 10.0 Å². The molecule has 78 valence electrons. The Hall–Kier alpha value is -0.380. The van der Waals surface area contributed by atoms with Crippen LogP contribution in [0, 0.1) is 5.41 Å². The van der Waals surface area contributed by atoms with Gasteiger partial charge in [-0.2, -0.15) is 0 Å². The molecule has 0 spiro atoms. The summed E-state index contributed by atoms with van der Waals surface area (Å²) in [4.78, 5) is 0. The van der Waals surface area contributed by atoms with Crippen molar-refractivity contribution in [2.75, 3.05) is 6.54 Å². The minimum atomic E-state index is -0.0795. The monoisotopic (exact) mass is 256 g/mol. The Bertz CT molecular complexity index is 310. The van der Waals surface area contributed by atoms with Gasteiger partial charge in [-0.25, -0.2) is 0 Å². The number of halogens is 1. The molecule has 1 atom stereocenters. The van der Waals surface area contributed by atoms with Gasteiger partial charge in [0.05, 0.1) is 0 Å². The van der Waals surface area contributed by atoms with Gasteiger partial charge in [0, 0.05) is 10.5 Å². The van der Waals surface area contributed by atoms with Crippen LogP contribution in [0.5, 0.6) is 0 Å². The molecular formula is C11H17BrN2. The highest BCUT2D eigenvalue weighted by molar-refractivity contribution is 9.10. The number of nitrogens with two attached hydrogens (primary N) is 2. The van der Waals surface area contributed by atoms with Crippen LogP contribution in [0.25, 0.3) is 0 Å². The smallest absolute Gasteiger partial charge is 0.0370 e. The molecule has 0 aliphatic rings. The Morgan fingerprint density at radius 2 is 1.93 bits per heavy atom. The van der Waals surface area contributed by atoms with E-state index in [1.165, 1.54) is 0 Å². The molecule has 0 aliphatic carbocycles. The summed E-state index contributed by atoms with van der Waals surface area (Å²) in [6.45, 7) is 4.74. The maximum Gasteiger partial charge on any atom is 0.0370 e. The summed E-state index contributed by atoms with van der Waals surface area (Å²) in [5, 5.41) is 0. The molecule has 0 amide bonds. The van der Waals surface area contributed by atoms with Gasteiger partial charge in [-0.15, -0.1) is 0 Å². The predicted octanol–water partition coefficient (Wildman–Crippen LogP) is 2.43. The van der Waals surface area contributed by atoms with Crippen LogP contribution in [-0.4, -0.2) is 6.54 Å². The van der Waals surface area contributed by atoms with Gasteiger partial charge in [-0.05, 0) is 23.6 Å². The quantitative estimate of drug-likeness (QED) is 0.873. The van der Waals surface area contributed by atoms with E-state index in [-0.39, 0.29) is 11.5 Å². The second-order valence-corrected chi connectivity index (χ2v) is 5.05. The Morgan fingerprint density at radius 1 is 1.36 bits per heavy atom. The third kappa shape index (κ3) is 2.35. The Morgan fingerprint density at radius 3 is 2.43 bits per heavy atom. The van der Waals surface area contributed by atoms with Crippen molar-refractivity contribution in [1.82, 2.24) is 0 Å². The molecule has 14 heavy (non-hydrogen) atoms. The highest BCUT2D eigenvalue weighted by atomic mass is 79.9. The maximum atomic E-state index is 6.17. The summed E-state index contributed by atoms with van der Waals surface area (Å²) in [5.41, 5.74) is 12.9. The molecule has 0 radical (unpaired) electrons. The van der Waals surface area contributed by atoms with Crippen molar-refractivity contribution in [3.05, 3.63) is 34.3 Å². The second kappa shape index (κ2) is 4.43. The van der Waals surface area contributed by atoms with Crippen molar-refractivity contribution in [3.63, 3.8) is 0 Å². The Balaban J connectivity index is 3.00. The highest BCUT2D eigenvalue weighted by Crippen LogP contribution is 2.33. The lowest BCUT2D eigenvalue weighted by molar-refractivity contribution is 0.300. The van der Waals surface area contributed by atoms with Crippen molar-refractivity contribution < 1.29 is 0 Å². The van der Waals surface area contributed by atoms with Crippen molar-refractivity contribution >= 4 is 15.9 Å². The molecule has 4 N–H and O–H groups in total. The fraction of sp³-hybridized carbons (Fsp3) is 0.455. The van der Waals surface area contributed by atoms with Crippen molar-refractivity contribution in [1.29, 1.82) is 0 Å². The van der Waals surface area contributed by atoms with Gasteiger partial charge >= 0.3 is 0 Å². The largest absolute Gasteiger partial charge is 0.330 e. The van der Waals surface area contributed by atoms with Gasteiger partial charge in [-0.1, -0.05) is 48.0 Å². The van der Waals surface area contributed by atoms with Crippen LogP contribution in [0.3, 0.4) is 0 Å². The summed E-state index contributed by atoms with van der Waals surface area (Å²) in [7, 11) is 0. The van der Waals surface area contributed by atoms with E-state index in [4.69, 9.17) is 11.5 Å². The van der Waals surface area contributed by atoms with Gasteiger partial charge in [0.15, 0.2) is 0 Å². The topological polar surface area (TPSA) is 52.0 Å². The maximum absolute atomic E-state index is 6.17. The summed E-state index contributed by atoms with van der Waals surface area (Å²) in [6, 6.07) is 7.97. The number of hydrogen-bond acceptors (Lipinski definition) is 2. The van der Waals surface area contributed by atoms with Crippen LogP contribution >= 0.6 is 15.9 Å². The lowest BCUT2D eigenvalue weighted by Crippen LogP contribution is -2.36. The summed E-state index contributed by atoms with van der Waals surface area (Å²) in [6.07, 6.45) is 0. The molecule has 0 saturated carbocycles. The van der Waals surface area contributed by atoms with E-state index in [9.17, 15) is 0 Å². The molecule has 1 aromatic carbocycles. The standard InChI is InChI=1S/C11H17BrN2/c1-11(2,7-13)10(14)8-5-3-4-6-9(8)12/h3-6,10H,7,13-14H2,1-2H3. The predicted molar refractivity (Wildman–Crippen MR) is 63.9 cm³/mol. The van der Waals surface area contributed by atoms with Crippen LogP contribution in [0.4, 0.5) is 0 Å². The summed E-state index contributed by atoms with van der Waals surface area (Å²) >= 11 is 3.50. The highest BCUT2D eigenvalue weighted by Gasteiger charge is 2.27. The van der Waals surface area contributed by atoms with Gasteiger partial charge in [0.25, 0.3) is 0 Å². The molecular weight excluding hydrogens is 240 g/mol. The van der Waals surface area contributed by atoms with Crippen LogP contribution in [-0.2, 0) is 0 Å². The van der Waals surface area contributed by atoms with E-state index in [1.54, 1.807) is 0 Å². The fourth-order valence-corrected chi connectivity index (χ4v) is 1.81. The van der Waals surface area contributed by atoms with E-state index in [2.05, 4.69) is 29.8 Å². The third-order valence-electron chi connectivity index (χ3n) is 2.61. The number of rotatable bonds is 3. The molecule has 3 heteroatoms. The first-order chi connectivity index (χ1) is 6.49. The minimum Gasteiger partial charge on any atom is -0.330 e. The van der Waals surface area contributed by atoms with E-state index < -0.39 is 0 Å². The summed E-state index contributed by atoms with van der Waals surface area (Å²) < 4.78 is 1.05. The van der Waals surface area contributed by atoms with Gasteiger partial charge in [0.1, 0.15) is 0 Å². The zero-order valence-corrected chi connectivity index (χ0v) is 10.2. The molecule has 1 aromatic rings. The molecule has 0 bridgehead atoms.